The van der Waals surface area contributed by atoms with Crippen LogP contribution in [0.2, 0.25) is 10.0 Å². The predicted molar refractivity (Wildman–Crippen MR) is 95.9 cm³/mol. The van der Waals surface area contributed by atoms with Gasteiger partial charge in [-0.05, 0) is 51.7 Å². The molecule has 0 heterocycles. The Bertz CT molecular complexity index is 481. The second-order valence-corrected chi connectivity index (χ2v) is 6.27. The normalized spacial score (nSPS) is 12.0. The van der Waals surface area contributed by atoms with Crippen LogP contribution >= 0.6 is 35.6 Å². The Balaban J connectivity index is 0.00000441. The van der Waals surface area contributed by atoms with E-state index in [1.54, 1.807) is 24.0 Å². The Labute approximate surface area is 148 Å². The molecule has 0 saturated heterocycles. The summed E-state index contributed by atoms with van der Waals surface area (Å²) in [4.78, 5) is 16.1. The van der Waals surface area contributed by atoms with Gasteiger partial charge in [0.05, 0.1) is 16.1 Å². The van der Waals surface area contributed by atoms with Crippen molar-refractivity contribution in [1.82, 2.24) is 9.80 Å². The van der Waals surface area contributed by atoms with E-state index in [0.717, 1.165) is 18.5 Å². The molecule has 0 aliphatic heterocycles. The Hall–Kier alpha value is -0.520. The number of amides is 1. The maximum absolute atomic E-state index is 12.2. The highest BCUT2D eigenvalue weighted by Gasteiger charge is 2.17. The van der Waals surface area contributed by atoms with E-state index in [-0.39, 0.29) is 18.3 Å². The molecule has 1 amide bonds. The first-order valence-electron chi connectivity index (χ1n) is 6.94. The maximum Gasteiger partial charge on any atom is 0.239 e. The zero-order valence-electron chi connectivity index (χ0n) is 13.2. The Morgan fingerprint density at radius 3 is 2.36 bits per heavy atom. The van der Waals surface area contributed by atoms with Crippen molar-refractivity contribution in [3.8, 4) is 0 Å². The zero-order valence-corrected chi connectivity index (χ0v) is 15.5. The number of carbonyl (C=O) groups excluding carboxylic acids is 1. The number of nitrogens with two attached hydrogens (primary N) is 1. The molecule has 126 valence electrons. The molecule has 1 atom stereocenters. The molecule has 0 bridgehead atoms. The molecule has 7 heteroatoms. The quantitative estimate of drug-likeness (QED) is 0.805. The van der Waals surface area contributed by atoms with Gasteiger partial charge in [0.25, 0.3) is 0 Å². The molecular weight excluding hydrogens is 345 g/mol. The summed E-state index contributed by atoms with van der Waals surface area (Å²) in [7, 11) is 4.02. The summed E-state index contributed by atoms with van der Waals surface area (Å²) in [6.45, 7) is 3.78. The van der Waals surface area contributed by atoms with Gasteiger partial charge in [-0.1, -0.05) is 29.3 Å². The third kappa shape index (κ3) is 7.16. The Morgan fingerprint density at radius 2 is 1.86 bits per heavy atom. The van der Waals surface area contributed by atoms with E-state index >= 15 is 0 Å². The van der Waals surface area contributed by atoms with Gasteiger partial charge in [-0.15, -0.1) is 12.4 Å². The Kier molecular flexibility index (Phi) is 10.0. The van der Waals surface area contributed by atoms with E-state index in [4.69, 9.17) is 28.9 Å². The maximum atomic E-state index is 12.2. The van der Waals surface area contributed by atoms with Gasteiger partial charge in [0, 0.05) is 13.1 Å². The fourth-order valence-electron chi connectivity index (χ4n) is 1.99. The largest absolute Gasteiger partial charge is 0.337 e. The lowest BCUT2D eigenvalue weighted by atomic mass is 10.2. The molecular formula is C15H24Cl3N3O. The SMILES string of the molecule is CC(N)C(=O)N(CCCN(C)C)Cc1ccc(Cl)c(Cl)c1.Cl. The number of halogens is 3. The van der Waals surface area contributed by atoms with Crippen LogP contribution in [-0.2, 0) is 11.3 Å². The predicted octanol–water partition coefficient (Wildman–Crippen LogP) is 3.04. The van der Waals surface area contributed by atoms with Crippen molar-refractivity contribution in [1.29, 1.82) is 0 Å². The van der Waals surface area contributed by atoms with Crippen LogP contribution in [0.4, 0.5) is 0 Å². The molecule has 1 unspecified atom stereocenters. The minimum atomic E-state index is -0.507. The van der Waals surface area contributed by atoms with E-state index in [1.165, 1.54) is 0 Å². The lowest BCUT2D eigenvalue weighted by Crippen LogP contribution is -2.42. The fourth-order valence-corrected chi connectivity index (χ4v) is 2.31. The summed E-state index contributed by atoms with van der Waals surface area (Å²) in [5.74, 6) is -0.0557. The summed E-state index contributed by atoms with van der Waals surface area (Å²) >= 11 is 11.9. The van der Waals surface area contributed by atoms with Crippen LogP contribution in [0.5, 0.6) is 0 Å². The van der Waals surface area contributed by atoms with Crippen molar-refractivity contribution in [2.24, 2.45) is 5.73 Å². The van der Waals surface area contributed by atoms with Crippen molar-refractivity contribution >= 4 is 41.5 Å². The number of hydrogen-bond donors (Lipinski definition) is 1. The lowest BCUT2D eigenvalue weighted by Gasteiger charge is -2.25. The standard InChI is InChI=1S/C15H23Cl2N3O.ClH/c1-11(18)15(21)20(8-4-7-19(2)3)10-12-5-6-13(16)14(17)9-12;/h5-6,9,11H,4,7-8,10,18H2,1-3H3;1H. The van der Waals surface area contributed by atoms with Gasteiger partial charge in [-0.2, -0.15) is 0 Å². The Morgan fingerprint density at radius 1 is 1.23 bits per heavy atom. The lowest BCUT2D eigenvalue weighted by molar-refractivity contribution is -0.132. The summed E-state index contributed by atoms with van der Waals surface area (Å²) in [5, 5.41) is 1.01. The number of rotatable bonds is 7. The molecule has 0 radical (unpaired) electrons. The highest BCUT2D eigenvalue weighted by Crippen LogP contribution is 2.23. The van der Waals surface area contributed by atoms with Crippen molar-refractivity contribution in [2.45, 2.75) is 25.9 Å². The molecule has 0 saturated carbocycles. The van der Waals surface area contributed by atoms with Crippen molar-refractivity contribution < 1.29 is 4.79 Å². The van der Waals surface area contributed by atoms with E-state index in [0.29, 0.717) is 23.1 Å². The van der Waals surface area contributed by atoms with Crippen LogP contribution < -0.4 is 5.73 Å². The van der Waals surface area contributed by atoms with E-state index in [1.807, 2.05) is 20.2 Å². The van der Waals surface area contributed by atoms with Gasteiger partial charge < -0.3 is 15.5 Å². The smallest absolute Gasteiger partial charge is 0.239 e. The van der Waals surface area contributed by atoms with E-state index in [2.05, 4.69) is 4.90 Å². The minimum absolute atomic E-state index is 0. The molecule has 0 aromatic heterocycles. The third-order valence-electron chi connectivity index (χ3n) is 3.09. The molecule has 0 aliphatic carbocycles. The number of carbonyl (C=O) groups is 1. The van der Waals surface area contributed by atoms with Crippen LogP contribution in [0.3, 0.4) is 0 Å². The number of nitrogens with zero attached hydrogens (tertiary/aromatic N) is 2. The second-order valence-electron chi connectivity index (χ2n) is 5.45. The van der Waals surface area contributed by atoms with E-state index < -0.39 is 6.04 Å². The topological polar surface area (TPSA) is 49.6 Å². The number of hydrogen-bond acceptors (Lipinski definition) is 3. The highest BCUT2D eigenvalue weighted by atomic mass is 35.5. The summed E-state index contributed by atoms with van der Waals surface area (Å²) < 4.78 is 0. The van der Waals surface area contributed by atoms with E-state index in [9.17, 15) is 4.79 Å². The van der Waals surface area contributed by atoms with Crippen LogP contribution in [-0.4, -0.2) is 48.9 Å². The molecule has 1 rings (SSSR count). The van der Waals surface area contributed by atoms with Crippen LogP contribution in [0.1, 0.15) is 18.9 Å². The van der Waals surface area contributed by atoms with Crippen molar-refractivity contribution in [3.05, 3.63) is 33.8 Å². The first-order chi connectivity index (χ1) is 9.81. The van der Waals surface area contributed by atoms with Crippen LogP contribution in [0.25, 0.3) is 0 Å². The molecule has 4 nitrogen and oxygen atoms in total. The molecule has 1 aromatic carbocycles. The average Bonchev–Trinajstić information content (AvgIpc) is 2.40. The minimum Gasteiger partial charge on any atom is -0.337 e. The van der Waals surface area contributed by atoms with Gasteiger partial charge in [-0.3, -0.25) is 4.79 Å². The molecule has 2 N–H and O–H groups in total. The molecule has 0 spiro atoms. The van der Waals surface area contributed by atoms with Crippen LogP contribution in [0.15, 0.2) is 18.2 Å². The molecule has 22 heavy (non-hydrogen) atoms. The van der Waals surface area contributed by atoms with Crippen LogP contribution in [0, 0.1) is 0 Å². The number of benzene rings is 1. The molecule has 0 aliphatic rings. The van der Waals surface area contributed by atoms with Gasteiger partial charge in [0.1, 0.15) is 0 Å². The highest BCUT2D eigenvalue weighted by molar-refractivity contribution is 6.42. The zero-order chi connectivity index (χ0) is 16.0. The summed E-state index contributed by atoms with van der Waals surface area (Å²) in [6.07, 6.45) is 0.896. The summed E-state index contributed by atoms with van der Waals surface area (Å²) in [5.41, 5.74) is 6.67. The molecule has 0 fully saturated rings. The second kappa shape index (κ2) is 10.3. The van der Waals surface area contributed by atoms with Gasteiger partial charge in [0.2, 0.25) is 5.91 Å². The average molecular weight is 369 g/mol. The fraction of sp³-hybridized carbons (Fsp3) is 0.533. The first kappa shape index (κ1) is 21.5. The van der Waals surface area contributed by atoms with Gasteiger partial charge in [0.15, 0.2) is 0 Å². The van der Waals surface area contributed by atoms with Gasteiger partial charge in [-0.25, -0.2) is 0 Å². The van der Waals surface area contributed by atoms with Gasteiger partial charge >= 0.3 is 0 Å². The monoisotopic (exact) mass is 367 g/mol. The van der Waals surface area contributed by atoms with Crippen molar-refractivity contribution in [2.75, 3.05) is 27.2 Å². The van der Waals surface area contributed by atoms with Crippen molar-refractivity contribution in [3.63, 3.8) is 0 Å². The molecule has 1 aromatic rings. The third-order valence-corrected chi connectivity index (χ3v) is 3.83. The first-order valence-corrected chi connectivity index (χ1v) is 7.70. The summed E-state index contributed by atoms with van der Waals surface area (Å²) in [6, 6.07) is 4.90.